The molecule has 2 nitrogen and oxygen atoms in total. The summed E-state index contributed by atoms with van der Waals surface area (Å²) < 4.78 is 12.7. The number of Topliss-reactive ketones (excluding diaryl/α,β-unsaturated/α-hetero) is 1. The lowest BCUT2D eigenvalue weighted by atomic mass is 10.1. The van der Waals surface area contributed by atoms with Crippen molar-refractivity contribution in [3.05, 3.63) is 34.6 Å². The number of hydrogen-bond donors (Lipinski definition) is 0. The molecule has 0 unspecified atom stereocenters. The third kappa shape index (κ3) is 3.98. The van der Waals surface area contributed by atoms with Crippen LogP contribution in [0.25, 0.3) is 0 Å². The van der Waals surface area contributed by atoms with Crippen molar-refractivity contribution >= 4 is 17.4 Å². The Morgan fingerprint density at radius 1 is 1.47 bits per heavy atom. The van der Waals surface area contributed by atoms with Crippen molar-refractivity contribution in [1.82, 2.24) is 4.90 Å². The van der Waals surface area contributed by atoms with Crippen molar-refractivity contribution in [2.45, 2.75) is 6.42 Å². The molecule has 0 amide bonds. The molecule has 0 fully saturated rings. The molecule has 1 aromatic carbocycles. The van der Waals surface area contributed by atoms with Crippen LogP contribution >= 0.6 is 11.6 Å². The van der Waals surface area contributed by atoms with Gasteiger partial charge in [-0.05, 0) is 31.8 Å². The summed E-state index contributed by atoms with van der Waals surface area (Å²) in [5.41, 5.74) is 0.671. The number of nitrogens with zero attached hydrogens (tertiary/aromatic N) is 1. The first-order valence-electron chi connectivity index (χ1n) is 4.59. The quantitative estimate of drug-likeness (QED) is 0.789. The van der Waals surface area contributed by atoms with Crippen LogP contribution in [0.4, 0.5) is 4.39 Å². The van der Waals surface area contributed by atoms with E-state index in [1.165, 1.54) is 12.1 Å². The topological polar surface area (TPSA) is 20.3 Å². The molecule has 0 heterocycles. The predicted molar refractivity (Wildman–Crippen MR) is 58.7 cm³/mol. The van der Waals surface area contributed by atoms with Gasteiger partial charge in [0.25, 0.3) is 0 Å². The zero-order chi connectivity index (χ0) is 11.4. The Labute approximate surface area is 93.6 Å². The number of rotatable bonds is 4. The lowest BCUT2D eigenvalue weighted by molar-refractivity contribution is -0.119. The fraction of sp³-hybridized carbons (Fsp3) is 0.364. The second kappa shape index (κ2) is 5.24. The van der Waals surface area contributed by atoms with Crippen molar-refractivity contribution in [1.29, 1.82) is 0 Å². The summed E-state index contributed by atoms with van der Waals surface area (Å²) in [5, 5.41) is 0.308. The van der Waals surface area contributed by atoms with Gasteiger partial charge in [-0.1, -0.05) is 17.7 Å². The van der Waals surface area contributed by atoms with E-state index in [1.807, 2.05) is 14.1 Å². The SMILES string of the molecule is CN(C)CC(=O)Cc1ccc(F)cc1Cl. The van der Waals surface area contributed by atoms with Gasteiger partial charge in [0.15, 0.2) is 5.78 Å². The molecule has 4 heteroatoms. The Morgan fingerprint density at radius 3 is 2.67 bits per heavy atom. The average Bonchev–Trinajstić information content (AvgIpc) is 2.08. The maximum Gasteiger partial charge on any atom is 0.151 e. The molecule has 15 heavy (non-hydrogen) atoms. The smallest absolute Gasteiger partial charge is 0.151 e. The molecule has 0 bridgehead atoms. The summed E-state index contributed by atoms with van der Waals surface area (Å²) in [7, 11) is 3.65. The van der Waals surface area contributed by atoms with Crippen LogP contribution in [0.5, 0.6) is 0 Å². The van der Waals surface area contributed by atoms with E-state index in [4.69, 9.17) is 11.6 Å². The first kappa shape index (κ1) is 12.1. The Kier molecular flexibility index (Phi) is 4.24. The van der Waals surface area contributed by atoms with E-state index in [0.717, 1.165) is 0 Å². The second-order valence-corrected chi connectivity index (χ2v) is 4.10. The van der Waals surface area contributed by atoms with Crippen molar-refractivity contribution in [3.63, 3.8) is 0 Å². The van der Waals surface area contributed by atoms with Gasteiger partial charge in [0.05, 0.1) is 6.54 Å². The van der Waals surface area contributed by atoms with Crippen molar-refractivity contribution in [2.75, 3.05) is 20.6 Å². The van der Waals surface area contributed by atoms with Gasteiger partial charge in [-0.3, -0.25) is 4.79 Å². The molecule has 0 aliphatic carbocycles. The molecule has 82 valence electrons. The Bertz CT molecular complexity index is 366. The van der Waals surface area contributed by atoms with Crippen LogP contribution in [0.2, 0.25) is 5.02 Å². The fourth-order valence-electron chi connectivity index (χ4n) is 1.29. The Morgan fingerprint density at radius 2 is 2.13 bits per heavy atom. The number of carbonyl (C=O) groups excluding carboxylic acids is 1. The van der Waals surface area contributed by atoms with E-state index in [-0.39, 0.29) is 18.0 Å². The van der Waals surface area contributed by atoms with E-state index < -0.39 is 0 Å². The highest BCUT2D eigenvalue weighted by Crippen LogP contribution is 2.17. The van der Waals surface area contributed by atoms with Gasteiger partial charge in [-0.25, -0.2) is 4.39 Å². The maximum atomic E-state index is 12.7. The lowest BCUT2D eigenvalue weighted by Crippen LogP contribution is -2.23. The van der Waals surface area contributed by atoms with Crippen molar-refractivity contribution in [3.8, 4) is 0 Å². The number of ketones is 1. The van der Waals surface area contributed by atoms with E-state index in [2.05, 4.69) is 0 Å². The maximum absolute atomic E-state index is 12.7. The molecule has 0 aliphatic rings. The van der Waals surface area contributed by atoms with Gasteiger partial charge < -0.3 is 4.90 Å². The number of benzene rings is 1. The molecule has 0 radical (unpaired) electrons. The Balaban J connectivity index is 2.68. The lowest BCUT2D eigenvalue weighted by Gasteiger charge is -2.08. The van der Waals surface area contributed by atoms with E-state index in [9.17, 15) is 9.18 Å². The van der Waals surface area contributed by atoms with Gasteiger partial charge in [0.1, 0.15) is 5.82 Å². The molecular formula is C11H13ClFNO. The third-order valence-electron chi connectivity index (χ3n) is 1.90. The second-order valence-electron chi connectivity index (χ2n) is 3.69. The summed E-state index contributed by atoms with van der Waals surface area (Å²) in [6.07, 6.45) is 0.247. The van der Waals surface area contributed by atoms with E-state index in [0.29, 0.717) is 17.1 Å². The van der Waals surface area contributed by atoms with Crippen LogP contribution in [0.1, 0.15) is 5.56 Å². The molecule has 0 N–H and O–H groups in total. The molecular weight excluding hydrogens is 217 g/mol. The highest BCUT2D eigenvalue weighted by Gasteiger charge is 2.08. The van der Waals surface area contributed by atoms with Gasteiger partial charge >= 0.3 is 0 Å². The van der Waals surface area contributed by atoms with Gasteiger partial charge in [0, 0.05) is 11.4 Å². The molecule has 0 atom stereocenters. The predicted octanol–water partition coefficient (Wildman–Crippen LogP) is 2.15. The molecule has 1 rings (SSSR count). The van der Waals surface area contributed by atoms with E-state index in [1.54, 1.807) is 11.0 Å². The van der Waals surface area contributed by atoms with Crippen LogP contribution in [-0.2, 0) is 11.2 Å². The summed E-state index contributed by atoms with van der Waals surface area (Å²) in [6, 6.07) is 4.08. The fourth-order valence-corrected chi connectivity index (χ4v) is 1.52. The number of carbonyl (C=O) groups is 1. The number of likely N-dealkylation sites (N-methyl/N-ethyl adjacent to an activating group) is 1. The number of hydrogen-bond acceptors (Lipinski definition) is 2. The minimum Gasteiger partial charge on any atom is -0.302 e. The molecule has 1 aromatic rings. The van der Waals surface area contributed by atoms with Crippen LogP contribution in [0.3, 0.4) is 0 Å². The van der Waals surface area contributed by atoms with Crippen LogP contribution < -0.4 is 0 Å². The summed E-state index contributed by atoms with van der Waals surface area (Å²) in [5.74, 6) is -0.322. The van der Waals surface area contributed by atoms with Gasteiger partial charge in [-0.2, -0.15) is 0 Å². The van der Waals surface area contributed by atoms with Gasteiger partial charge in [-0.15, -0.1) is 0 Å². The van der Waals surface area contributed by atoms with Crippen LogP contribution in [0, 0.1) is 5.82 Å². The highest BCUT2D eigenvalue weighted by molar-refractivity contribution is 6.31. The van der Waals surface area contributed by atoms with E-state index >= 15 is 0 Å². The first-order valence-corrected chi connectivity index (χ1v) is 4.97. The summed E-state index contributed by atoms with van der Waals surface area (Å²) in [4.78, 5) is 13.3. The standard InChI is InChI=1S/C11H13ClFNO/c1-14(2)7-10(15)5-8-3-4-9(13)6-11(8)12/h3-4,6H,5,7H2,1-2H3. The normalized spacial score (nSPS) is 10.7. The molecule has 0 aliphatic heterocycles. The minimum absolute atomic E-state index is 0.0634. The molecule has 0 spiro atoms. The minimum atomic E-state index is -0.385. The zero-order valence-electron chi connectivity index (χ0n) is 8.76. The zero-order valence-corrected chi connectivity index (χ0v) is 9.51. The Hall–Kier alpha value is -0.930. The highest BCUT2D eigenvalue weighted by atomic mass is 35.5. The van der Waals surface area contributed by atoms with Crippen LogP contribution in [-0.4, -0.2) is 31.3 Å². The largest absolute Gasteiger partial charge is 0.302 e. The molecule has 0 saturated carbocycles. The summed E-state index contributed by atoms with van der Waals surface area (Å²) in [6.45, 7) is 0.369. The van der Waals surface area contributed by atoms with Gasteiger partial charge in [0.2, 0.25) is 0 Å². The molecule has 0 saturated heterocycles. The number of halogens is 2. The third-order valence-corrected chi connectivity index (χ3v) is 2.25. The average molecular weight is 230 g/mol. The summed E-state index contributed by atoms with van der Waals surface area (Å²) >= 11 is 5.80. The van der Waals surface area contributed by atoms with Crippen LogP contribution in [0.15, 0.2) is 18.2 Å². The molecule has 0 aromatic heterocycles. The monoisotopic (exact) mass is 229 g/mol. The first-order chi connectivity index (χ1) is 6.99. The van der Waals surface area contributed by atoms with Crippen molar-refractivity contribution in [2.24, 2.45) is 0 Å². The van der Waals surface area contributed by atoms with Crippen molar-refractivity contribution < 1.29 is 9.18 Å².